The van der Waals surface area contributed by atoms with E-state index in [-0.39, 0.29) is 24.5 Å². The molecule has 3 aromatic rings. The Balaban J connectivity index is 1.66. The Hall–Kier alpha value is -3.95. The maximum absolute atomic E-state index is 12.5. The van der Waals surface area contributed by atoms with Crippen LogP contribution < -0.4 is 20.1 Å². The van der Waals surface area contributed by atoms with Crippen LogP contribution in [0.1, 0.15) is 24.2 Å². The summed E-state index contributed by atoms with van der Waals surface area (Å²) in [5.41, 5.74) is 0.921. The first-order valence-electron chi connectivity index (χ1n) is 9.21. The highest BCUT2D eigenvalue weighted by Crippen LogP contribution is 2.28. The van der Waals surface area contributed by atoms with E-state index in [1.807, 2.05) is 19.9 Å². The summed E-state index contributed by atoms with van der Waals surface area (Å²) in [5.74, 6) is 0.552. The highest BCUT2D eigenvalue weighted by Gasteiger charge is 2.15. The molecule has 0 saturated carbocycles. The van der Waals surface area contributed by atoms with E-state index in [2.05, 4.69) is 30.8 Å². The van der Waals surface area contributed by atoms with E-state index < -0.39 is 5.91 Å². The highest BCUT2D eigenvalue weighted by atomic mass is 16.5. The first kappa shape index (κ1) is 20.8. The largest absolute Gasteiger partial charge is 0.493 e. The van der Waals surface area contributed by atoms with Crippen LogP contribution in [-0.2, 0) is 4.79 Å². The summed E-state index contributed by atoms with van der Waals surface area (Å²) in [6.45, 7) is 3.56. The fraction of sp³-hybridized carbons (Fsp3) is 0.250. The molecule has 2 aromatic heterocycles. The summed E-state index contributed by atoms with van der Waals surface area (Å²) in [7, 11) is 1.45. The number of ether oxygens (including phenoxy) is 2. The van der Waals surface area contributed by atoms with Gasteiger partial charge < -0.3 is 14.8 Å². The quantitative estimate of drug-likeness (QED) is 0.518. The summed E-state index contributed by atoms with van der Waals surface area (Å²) in [5, 5.41) is 12.1. The molecule has 0 aliphatic heterocycles. The zero-order valence-electron chi connectivity index (χ0n) is 16.8. The number of hydrogen-bond donors (Lipinski definition) is 3. The number of H-pyrrole nitrogens is 1. The van der Waals surface area contributed by atoms with E-state index in [4.69, 9.17) is 9.47 Å². The molecule has 10 nitrogen and oxygen atoms in total. The van der Waals surface area contributed by atoms with Crippen molar-refractivity contribution in [2.24, 2.45) is 0 Å². The van der Waals surface area contributed by atoms with Crippen LogP contribution >= 0.6 is 0 Å². The third kappa shape index (κ3) is 5.31. The maximum atomic E-state index is 12.5. The number of benzene rings is 1. The molecule has 0 fully saturated rings. The highest BCUT2D eigenvalue weighted by molar-refractivity contribution is 6.03. The molecule has 0 radical (unpaired) electrons. The van der Waals surface area contributed by atoms with Crippen molar-refractivity contribution >= 4 is 17.8 Å². The lowest BCUT2D eigenvalue weighted by atomic mass is 10.2. The number of nitrogens with one attached hydrogen (secondary N) is 3. The van der Waals surface area contributed by atoms with Gasteiger partial charge >= 0.3 is 0 Å². The van der Waals surface area contributed by atoms with E-state index in [9.17, 15) is 9.59 Å². The fourth-order valence-electron chi connectivity index (χ4n) is 2.54. The molecule has 0 aliphatic carbocycles. The number of aromatic nitrogens is 4. The van der Waals surface area contributed by atoms with Gasteiger partial charge in [-0.2, -0.15) is 4.98 Å². The smallest absolute Gasteiger partial charge is 0.258 e. The fourth-order valence-corrected chi connectivity index (χ4v) is 2.54. The average Bonchev–Trinajstić information content (AvgIpc) is 3.20. The number of amides is 2. The molecule has 1 aromatic carbocycles. The number of pyridine rings is 1. The predicted molar refractivity (Wildman–Crippen MR) is 109 cm³/mol. The minimum absolute atomic E-state index is 0.0166. The monoisotopic (exact) mass is 410 g/mol. The van der Waals surface area contributed by atoms with Gasteiger partial charge in [0.2, 0.25) is 5.95 Å². The van der Waals surface area contributed by atoms with Crippen molar-refractivity contribution in [2.45, 2.75) is 19.9 Å². The Labute approximate surface area is 173 Å². The maximum Gasteiger partial charge on any atom is 0.258 e. The van der Waals surface area contributed by atoms with Gasteiger partial charge in [0.1, 0.15) is 5.69 Å². The molecule has 0 saturated heterocycles. The number of methoxy groups -OCH3 is 1. The molecule has 10 heteroatoms. The summed E-state index contributed by atoms with van der Waals surface area (Å²) in [6.07, 6.45) is 1.64. The Morgan fingerprint density at radius 3 is 2.70 bits per heavy atom. The topological polar surface area (TPSA) is 131 Å². The Kier molecular flexibility index (Phi) is 6.58. The Morgan fingerprint density at radius 2 is 2.00 bits per heavy atom. The van der Waals surface area contributed by atoms with Gasteiger partial charge in [-0.05, 0) is 44.2 Å². The molecule has 0 aliphatic rings. The van der Waals surface area contributed by atoms with Crippen LogP contribution in [0, 0.1) is 0 Å². The van der Waals surface area contributed by atoms with Gasteiger partial charge in [0.05, 0.1) is 7.11 Å². The zero-order chi connectivity index (χ0) is 21.5. The second kappa shape index (κ2) is 9.50. The standard InChI is InChI=1S/C20H22N6O4/c1-12(2)22-17(27)11-30-15-8-7-13(10-16(15)29-3)19(28)24-20-23-18(25-26-20)14-6-4-5-9-21-14/h4-10,12H,11H2,1-3H3,(H,22,27)(H2,23,24,25,26,28). The van der Waals surface area contributed by atoms with E-state index in [1.54, 1.807) is 30.5 Å². The molecule has 2 heterocycles. The molecule has 0 unspecified atom stereocenters. The lowest BCUT2D eigenvalue weighted by Gasteiger charge is -2.13. The number of hydrogen-bond acceptors (Lipinski definition) is 7. The minimum Gasteiger partial charge on any atom is -0.493 e. The van der Waals surface area contributed by atoms with Crippen molar-refractivity contribution in [1.82, 2.24) is 25.5 Å². The van der Waals surface area contributed by atoms with Crippen molar-refractivity contribution in [2.75, 3.05) is 19.0 Å². The van der Waals surface area contributed by atoms with Crippen LogP contribution in [0.25, 0.3) is 11.5 Å². The Bertz CT molecular complexity index is 1020. The molecule has 0 atom stereocenters. The first-order valence-corrected chi connectivity index (χ1v) is 9.21. The van der Waals surface area contributed by atoms with Crippen LogP contribution in [0.4, 0.5) is 5.95 Å². The van der Waals surface area contributed by atoms with Gasteiger partial charge in [-0.3, -0.25) is 25.0 Å². The third-order valence-electron chi connectivity index (χ3n) is 3.85. The molecule has 30 heavy (non-hydrogen) atoms. The zero-order valence-corrected chi connectivity index (χ0v) is 16.8. The van der Waals surface area contributed by atoms with Crippen LogP contribution in [0.3, 0.4) is 0 Å². The van der Waals surface area contributed by atoms with Gasteiger partial charge in [0, 0.05) is 17.8 Å². The summed E-state index contributed by atoms with van der Waals surface area (Å²) in [6, 6.07) is 10.0. The second-order valence-electron chi connectivity index (χ2n) is 6.55. The summed E-state index contributed by atoms with van der Waals surface area (Å²) < 4.78 is 10.8. The van der Waals surface area contributed by atoms with Gasteiger partial charge in [0.15, 0.2) is 23.9 Å². The molecule has 2 amide bonds. The van der Waals surface area contributed by atoms with Crippen molar-refractivity contribution in [1.29, 1.82) is 0 Å². The van der Waals surface area contributed by atoms with Crippen molar-refractivity contribution < 1.29 is 19.1 Å². The number of carbonyl (C=O) groups excluding carboxylic acids is 2. The molecular weight excluding hydrogens is 388 g/mol. The van der Waals surface area contributed by atoms with E-state index in [0.717, 1.165) is 0 Å². The number of rotatable bonds is 8. The lowest BCUT2D eigenvalue weighted by Crippen LogP contribution is -2.34. The van der Waals surface area contributed by atoms with Crippen molar-refractivity contribution in [3.05, 3.63) is 48.2 Å². The van der Waals surface area contributed by atoms with Crippen molar-refractivity contribution in [3.8, 4) is 23.0 Å². The van der Waals surface area contributed by atoms with Gasteiger partial charge in [-0.1, -0.05) is 6.07 Å². The normalized spacial score (nSPS) is 10.5. The van der Waals surface area contributed by atoms with Crippen LogP contribution in [0.5, 0.6) is 11.5 Å². The molecular formula is C20H22N6O4. The number of carbonyl (C=O) groups is 2. The van der Waals surface area contributed by atoms with Crippen LogP contribution in [0.2, 0.25) is 0 Å². The predicted octanol–water partition coefficient (Wildman–Crippen LogP) is 2.03. The van der Waals surface area contributed by atoms with E-state index in [1.165, 1.54) is 13.2 Å². The van der Waals surface area contributed by atoms with Gasteiger partial charge in [-0.15, -0.1) is 5.10 Å². The van der Waals surface area contributed by atoms with Crippen molar-refractivity contribution in [3.63, 3.8) is 0 Å². The molecule has 0 spiro atoms. The summed E-state index contributed by atoms with van der Waals surface area (Å²) >= 11 is 0. The SMILES string of the molecule is COc1cc(C(=O)Nc2n[nH]c(-c3ccccn3)n2)ccc1OCC(=O)NC(C)C. The number of aromatic amines is 1. The summed E-state index contributed by atoms with van der Waals surface area (Å²) in [4.78, 5) is 32.7. The van der Waals surface area contributed by atoms with E-state index in [0.29, 0.717) is 28.6 Å². The molecule has 0 bridgehead atoms. The Morgan fingerprint density at radius 1 is 1.17 bits per heavy atom. The average molecular weight is 410 g/mol. The minimum atomic E-state index is -0.427. The van der Waals surface area contributed by atoms with E-state index >= 15 is 0 Å². The molecule has 156 valence electrons. The van der Waals surface area contributed by atoms with Gasteiger partial charge in [-0.25, -0.2) is 0 Å². The van der Waals surface area contributed by atoms with Crippen LogP contribution in [0.15, 0.2) is 42.6 Å². The molecule has 3 rings (SSSR count). The molecule has 3 N–H and O–H groups in total. The second-order valence-corrected chi connectivity index (χ2v) is 6.55. The first-order chi connectivity index (χ1) is 14.5. The number of nitrogens with zero attached hydrogens (tertiary/aromatic N) is 3. The van der Waals surface area contributed by atoms with Gasteiger partial charge in [0.25, 0.3) is 11.8 Å². The lowest BCUT2D eigenvalue weighted by molar-refractivity contribution is -0.123. The number of anilines is 1. The van der Waals surface area contributed by atoms with Crippen LogP contribution in [-0.4, -0.2) is 51.7 Å². The third-order valence-corrected chi connectivity index (χ3v) is 3.85.